The van der Waals surface area contributed by atoms with Crippen molar-refractivity contribution in [2.24, 2.45) is 5.92 Å². The van der Waals surface area contributed by atoms with Crippen LogP contribution in [0.25, 0.3) is 33.2 Å². The molecule has 0 aliphatic heterocycles. The lowest BCUT2D eigenvalue weighted by Crippen LogP contribution is -1.98. The fourth-order valence-electron chi connectivity index (χ4n) is 3.81. The van der Waals surface area contributed by atoms with E-state index in [1.54, 1.807) is 68.4 Å². The van der Waals surface area contributed by atoms with Crippen LogP contribution in [0.1, 0.15) is 45.7 Å². The van der Waals surface area contributed by atoms with Gasteiger partial charge in [-0.3, -0.25) is 4.98 Å². The zero-order valence-corrected chi connectivity index (χ0v) is 17.4. The molecule has 0 fully saturated rings. The van der Waals surface area contributed by atoms with Crippen LogP contribution >= 0.6 is 0 Å². The summed E-state index contributed by atoms with van der Waals surface area (Å²) in [6, 6.07) is 21.3. The van der Waals surface area contributed by atoms with Gasteiger partial charge in [-0.15, -0.1) is 0 Å². The molecule has 3 aromatic carbocycles. The molecule has 31 heavy (non-hydrogen) atoms. The Morgan fingerprint density at radius 1 is 0.935 bits per heavy atom. The second-order valence-electron chi connectivity index (χ2n) is 7.90. The van der Waals surface area contributed by atoms with Gasteiger partial charge >= 0.3 is 0 Å². The van der Waals surface area contributed by atoms with E-state index in [9.17, 15) is 0 Å². The van der Waals surface area contributed by atoms with Crippen molar-refractivity contribution in [3.8, 4) is 11.3 Å². The highest BCUT2D eigenvalue weighted by atomic mass is 16.3. The average Bonchev–Trinajstić information content (AvgIpc) is 3.26. The molecule has 0 aliphatic carbocycles. The minimum Gasteiger partial charge on any atom is -0.456 e. The second kappa shape index (κ2) is 8.03. The van der Waals surface area contributed by atoms with E-state index < -0.39 is 25.5 Å². The van der Waals surface area contributed by atoms with E-state index in [0.29, 0.717) is 44.3 Å². The van der Waals surface area contributed by atoms with Crippen LogP contribution in [0.5, 0.6) is 0 Å². The molecule has 5 rings (SSSR count). The van der Waals surface area contributed by atoms with Crippen molar-refractivity contribution in [1.82, 2.24) is 4.98 Å². The minimum absolute atomic E-state index is 0.0933. The Kier molecular flexibility index (Phi) is 3.40. The predicted octanol–water partition coefficient (Wildman–Crippen LogP) is 7.75. The smallest absolute Gasteiger partial charge is 0.135 e. The second-order valence-corrected chi connectivity index (χ2v) is 7.90. The van der Waals surface area contributed by atoms with Gasteiger partial charge in [-0.2, -0.15) is 0 Å². The lowest BCUT2D eigenvalue weighted by atomic mass is 9.96. The standard InChI is InChI=1S/C29H27NO/c1-19(2)14-24-17-26(30-18-20(24)3)22-12-13-27-25(16-22)29-23(10-7-11-28(29)31-27)15-21-8-5-4-6-9-21/h4-13,16-19H,14-15H2,1-3H3/i3D3,14D2,15D2. The number of furan rings is 1. The van der Waals surface area contributed by atoms with Crippen LogP contribution in [0.3, 0.4) is 0 Å². The molecular formula is C29H27NO. The van der Waals surface area contributed by atoms with Gasteiger partial charge < -0.3 is 4.42 Å². The number of aryl methyl sites for hydroxylation is 1. The largest absolute Gasteiger partial charge is 0.456 e. The van der Waals surface area contributed by atoms with E-state index >= 15 is 0 Å². The Morgan fingerprint density at radius 3 is 2.61 bits per heavy atom. The quantitative estimate of drug-likeness (QED) is 0.295. The van der Waals surface area contributed by atoms with Gasteiger partial charge in [-0.25, -0.2) is 0 Å². The molecule has 2 heteroatoms. The lowest BCUT2D eigenvalue weighted by Gasteiger charge is -2.11. The number of rotatable bonds is 5. The number of pyridine rings is 1. The fourth-order valence-corrected chi connectivity index (χ4v) is 3.81. The number of fused-ring (bicyclic) bond motifs is 3. The summed E-state index contributed by atoms with van der Waals surface area (Å²) in [5.74, 6) is -0.457. The van der Waals surface area contributed by atoms with Crippen LogP contribution < -0.4 is 0 Å². The van der Waals surface area contributed by atoms with Crippen molar-refractivity contribution >= 4 is 21.9 Å². The summed E-state index contributed by atoms with van der Waals surface area (Å²) >= 11 is 0. The molecule has 0 unspecified atom stereocenters. The monoisotopic (exact) mass is 412 g/mol. The first-order valence-corrected chi connectivity index (χ1v) is 10.3. The van der Waals surface area contributed by atoms with Crippen molar-refractivity contribution in [3.05, 3.63) is 101 Å². The maximum atomic E-state index is 8.96. The normalized spacial score (nSPS) is 16.3. The number of benzene rings is 3. The van der Waals surface area contributed by atoms with Gasteiger partial charge in [0.2, 0.25) is 0 Å². The molecule has 0 radical (unpaired) electrons. The molecule has 0 spiro atoms. The van der Waals surface area contributed by atoms with Crippen molar-refractivity contribution in [1.29, 1.82) is 0 Å². The first-order chi connectivity index (χ1) is 17.8. The first-order valence-electron chi connectivity index (χ1n) is 13.8. The maximum Gasteiger partial charge on any atom is 0.135 e. The van der Waals surface area contributed by atoms with Crippen molar-refractivity contribution in [3.63, 3.8) is 0 Å². The van der Waals surface area contributed by atoms with Crippen molar-refractivity contribution < 1.29 is 14.0 Å². The molecule has 154 valence electrons. The summed E-state index contributed by atoms with van der Waals surface area (Å²) in [7, 11) is 0. The summed E-state index contributed by atoms with van der Waals surface area (Å²) in [6.45, 7) is 0.927. The topological polar surface area (TPSA) is 26.0 Å². The third-order valence-corrected chi connectivity index (χ3v) is 5.19. The van der Waals surface area contributed by atoms with Gasteiger partial charge in [-0.1, -0.05) is 56.3 Å². The van der Waals surface area contributed by atoms with Crippen LogP contribution in [0, 0.1) is 12.8 Å². The highest BCUT2D eigenvalue weighted by Crippen LogP contribution is 2.35. The van der Waals surface area contributed by atoms with Crippen LogP contribution in [0.4, 0.5) is 0 Å². The van der Waals surface area contributed by atoms with E-state index in [1.807, 2.05) is 12.1 Å². The summed E-state index contributed by atoms with van der Waals surface area (Å²) in [4.78, 5) is 4.41. The van der Waals surface area contributed by atoms with Crippen molar-refractivity contribution in [2.45, 2.75) is 33.4 Å². The third-order valence-electron chi connectivity index (χ3n) is 5.19. The Labute approximate surface area is 193 Å². The van der Waals surface area contributed by atoms with E-state index in [2.05, 4.69) is 4.98 Å². The van der Waals surface area contributed by atoms with E-state index in [4.69, 9.17) is 14.0 Å². The SMILES string of the molecule is [2H]C([2H])([2H])c1cnc(-c2ccc3oc4cccc(C([2H])([2H])c5ccccc5)c4c3c2)cc1C([2H])([2H])C(C)C. The highest BCUT2D eigenvalue weighted by Gasteiger charge is 2.14. The fraction of sp³-hybridized carbons (Fsp3) is 0.207. The zero-order valence-electron chi connectivity index (χ0n) is 24.4. The van der Waals surface area contributed by atoms with E-state index in [1.165, 1.54) is 12.3 Å². The summed E-state index contributed by atoms with van der Waals surface area (Å²) in [6.07, 6.45) is -2.42. The molecule has 2 aromatic heterocycles. The Balaban J connectivity index is 1.73. The molecule has 0 saturated heterocycles. The molecule has 0 amide bonds. The Morgan fingerprint density at radius 2 is 1.81 bits per heavy atom. The molecule has 0 bridgehead atoms. The van der Waals surface area contributed by atoms with Crippen molar-refractivity contribution in [2.75, 3.05) is 0 Å². The van der Waals surface area contributed by atoms with Gasteiger partial charge in [0.25, 0.3) is 0 Å². The van der Waals surface area contributed by atoms with E-state index in [0.717, 1.165) is 0 Å². The lowest BCUT2D eigenvalue weighted by molar-refractivity contribution is 0.644. The predicted molar refractivity (Wildman–Crippen MR) is 129 cm³/mol. The summed E-state index contributed by atoms with van der Waals surface area (Å²) in [5.41, 5.74) is 3.20. The van der Waals surface area contributed by atoms with Crippen LogP contribution in [0.15, 0.2) is 83.4 Å². The van der Waals surface area contributed by atoms with Gasteiger partial charge in [0, 0.05) is 32.1 Å². The minimum atomic E-state index is -2.51. The van der Waals surface area contributed by atoms with Crippen LogP contribution in [-0.2, 0) is 12.7 Å². The molecule has 0 saturated carbocycles. The summed E-state index contributed by atoms with van der Waals surface area (Å²) < 4.78 is 65.0. The van der Waals surface area contributed by atoms with Crippen LogP contribution in [0.2, 0.25) is 0 Å². The zero-order chi connectivity index (χ0) is 27.5. The molecule has 0 atom stereocenters. The maximum absolute atomic E-state index is 8.96. The van der Waals surface area contributed by atoms with Gasteiger partial charge in [0.1, 0.15) is 11.2 Å². The average molecular weight is 413 g/mol. The van der Waals surface area contributed by atoms with Gasteiger partial charge in [-0.05, 0) is 78.1 Å². The van der Waals surface area contributed by atoms with Crippen LogP contribution in [-0.4, -0.2) is 4.98 Å². The highest BCUT2D eigenvalue weighted by molar-refractivity contribution is 6.08. The number of hydrogen-bond donors (Lipinski definition) is 0. The third kappa shape index (κ3) is 3.86. The molecule has 0 N–H and O–H groups in total. The summed E-state index contributed by atoms with van der Waals surface area (Å²) in [5, 5.41) is 1.35. The molecule has 2 nitrogen and oxygen atoms in total. The molecule has 2 heterocycles. The molecule has 5 aromatic rings. The van der Waals surface area contributed by atoms with Gasteiger partial charge in [0.05, 0.1) is 5.69 Å². The molecule has 0 aliphatic rings. The Bertz CT molecular complexity index is 1640. The number of nitrogens with zero attached hydrogens (tertiary/aromatic N) is 1. The number of aromatic nitrogens is 1. The van der Waals surface area contributed by atoms with Gasteiger partial charge in [0.15, 0.2) is 0 Å². The number of hydrogen-bond acceptors (Lipinski definition) is 2. The first kappa shape index (κ1) is 13.1. The molecular weight excluding hydrogens is 378 g/mol. The Hall–Kier alpha value is -3.39. The van der Waals surface area contributed by atoms with E-state index in [-0.39, 0.29) is 11.1 Å².